The Hall–Kier alpha value is -1.35. The SMILES string of the molecule is CC(C)(C)c1ccc(-c2nc3c(s2)CCCN3)cc1. The van der Waals surface area contributed by atoms with Gasteiger partial charge in [-0.1, -0.05) is 45.0 Å². The molecule has 19 heavy (non-hydrogen) atoms. The zero-order chi connectivity index (χ0) is 13.5. The monoisotopic (exact) mass is 272 g/mol. The minimum absolute atomic E-state index is 0.211. The van der Waals surface area contributed by atoms with Gasteiger partial charge >= 0.3 is 0 Å². The van der Waals surface area contributed by atoms with Crippen molar-refractivity contribution in [2.24, 2.45) is 0 Å². The van der Waals surface area contributed by atoms with Gasteiger partial charge in [0.2, 0.25) is 0 Å². The van der Waals surface area contributed by atoms with Crippen molar-refractivity contribution in [1.82, 2.24) is 4.98 Å². The molecule has 0 atom stereocenters. The van der Waals surface area contributed by atoms with E-state index in [-0.39, 0.29) is 5.41 Å². The van der Waals surface area contributed by atoms with Gasteiger partial charge in [-0.05, 0) is 23.8 Å². The Labute approximate surface area is 118 Å². The van der Waals surface area contributed by atoms with E-state index in [1.54, 1.807) is 0 Å². The van der Waals surface area contributed by atoms with Gasteiger partial charge in [0, 0.05) is 17.0 Å². The lowest BCUT2D eigenvalue weighted by Gasteiger charge is -2.18. The summed E-state index contributed by atoms with van der Waals surface area (Å²) in [6.45, 7) is 7.79. The number of aromatic nitrogens is 1. The Morgan fingerprint density at radius 2 is 1.89 bits per heavy atom. The predicted octanol–water partition coefficient (Wildman–Crippen LogP) is 4.47. The topological polar surface area (TPSA) is 24.9 Å². The fraction of sp³-hybridized carbons (Fsp3) is 0.438. The van der Waals surface area contributed by atoms with E-state index in [4.69, 9.17) is 4.98 Å². The van der Waals surface area contributed by atoms with Crippen LogP contribution in [0.1, 0.15) is 37.6 Å². The van der Waals surface area contributed by atoms with Crippen LogP contribution >= 0.6 is 11.3 Å². The first-order valence-electron chi connectivity index (χ1n) is 6.88. The minimum atomic E-state index is 0.211. The molecule has 0 fully saturated rings. The lowest BCUT2D eigenvalue weighted by molar-refractivity contribution is 0.590. The molecule has 3 rings (SSSR count). The van der Waals surface area contributed by atoms with E-state index in [1.165, 1.54) is 28.8 Å². The molecule has 0 saturated heterocycles. The van der Waals surface area contributed by atoms with Crippen LogP contribution in [-0.4, -0.2) is 11.5 Å². The molecule has 0 unspecified atom stereocenters. The summed E-state index contributed by atoms with van der Waals surface area (Å²) in [6.07, 6.45) is 2.39. The number of anilines is 1. The molecule has 1 aromatic carbocycles. The number of fused-ring (bicyclic) bond motifs is 1. The third-order valence-corrected chi connectivity index (χ3v) is 4.73. The van der Waals surface area contributed by atoms with Crippen LogP contribution in [0.4, 0.5) is 5.82 Å². The van der Waals surface area contributed by atoms with Crippen LogP contribution in [0.2, 0.25) is 0 Å². The summed E-state index contributed by atoms with van der Waals surface area (Å²) in [4.78, 5) is 6.12. The van der Waals surface area contributed by atoms with Gasteiger partial charge in [-0.3, -0.25) is 0 Å². The molecule has 1 aromatic heterocycles. The molecule has 2 aromatic rings. The Balaban J connectivity index is 1.92. The van der Waals surface area contributed by atoms with E-state index in [9.17, 15) is 0 Å². The second-order valence-corrected chi connectivity index (χ2v) is 7.23. The Morgan fingerprint density at radius 1 is 1.16 bits per heavy atom. The van der Waals surface area contributed by atoms with Crippen LogP contribution in [0.5, 0.6) is 0 Å². The Bertz CT molecular complexity index is 552. The molecule has 3 heteroatoms. The standard InChI is InChI=1S/C16H20N2S/c1-16(2,3)12-8-6-11(7-9-12)15-18-14-13(19-15)5-4-10-17-14/h6-9,17H,4-5,10H2,1-3H3. The molecule has 1 aliphatic rings. The molecule has 0 saturated carbocycles. The highest BCUT2D eigenvalue weighted by molar-refractivity contribution is 7.15. The van der Waals surface area contributed by atoms with E-state index in [1.807, 2.05) is 11.3 Å². The third-order valence-electron chi connectivity index (χ3n) is 3.57. The number of nitrogens with zero attached hydrogens (tertiary/aromatic N) is 1. The smallest absolute Gasteiger partial charge is 0.140 e. The van der Waals surface area contributed by atoms with Crippen LogP contribution < -0.4 is 5.32 Å². The molecule has 1 N–H and O–H groups in total. The van der Waals surface area contributed by atoms with Crippen LogP contribution in [0.15, 0.2) is 24.3 Å². The van der Waals surface area contributed by atoms with Gasteiger partial charge in [-0.15, -0.1) is 11.3 Å². The summed E-state index contributed by atoms with van der Waals surface area (Å²) in [7, 11) is 0. The molecule has 2 nitrogen and oxygen atoms in total. The van der Waals surface area contributed by atoms with Crippen LogP contribution in [0.3, 0.4) is 0 Å². The van der Waals surface area contributed by atoms with Crippen molar-refractivity contribution in [3.63, 3.8) is 0 Å². The maximum absolute atomic E-state index is 4.72. The zero-order valence-corrected chi connectivity index (χ0v) is 12.6. The molecule has 0 amide bonds. The molecule has 2 heterocycles. The fourth-order valence-corrected chi connectivity index (χ4v) is 3.44. The van der Waals surface area contributed by atoms with Crippen LogP contribution in [0.25, 0.3) is 10.6 Å². The van der Waals surface area contributed by atoms with E-state index < -0.39 is 0 Å². The molecule has 0 bridgehead atoms. The normalized spacial score (nSPS) is 14.9. The lowest BCUT2D eigenvalue weighted by Crippen LogP contribution is -2.10. The van der Waals surface area contributed by atoms with Gasteiger partial charge in [0.25, 0.3) is 0 Å². The zero-order valence-electron chi connectivity index (χ0n) is 11.8. The molecule has 100 valence electrons. The van der Waals surface area contributed by atoms with E-state index in [0.717, 1.165) is 17.4 Å². The number of rotatable bonds is 1. The van der Waals surface area contributed by atoms with Crippen molar-refractivity contribution in [2.45, 2.75) is 39.0 Å². The first kappa shape index (κ1) is 12.7. The van der Waals surface area contributed by atoms with Gasteiger partial charge in [0.1, 0.15) is 10.8 Å². The van der Waals surface area contributed by atoms with Gasteiger partial charge in [-0.2, -0.15) is 0 Å². The fourth-order valence-electron chi connectivity index (χ4n) is 2.35. The highest BCUT2D eigenvalue weighted by Gasteiger charge is 2.17. The van der Waals surface area contributed by atoms with Crippen molar-refractivity contribution < 1.29 is 0 Å². The van der Waals surface area contributed by atoms with Crippen molar-refractivity contribution in [3.05, 3.63) is 34.7 Å². The number of benzene rings is 1. The minimum Gasteiger partial charge on any atom is -0.369 e. The summed E-state index contributed by atoms with van der Waals surface area (Å²) in [5.74, 6) is 1.10. The number of hydrogen-bond acceptors (Lipinski definition) is 3. The average molecular weight is 272 g/mol. The largest absolute Gasteiger partial charge is 0.369 e. The number of thiazole rings is 1. The summed E-state index contributed by atoms with van der Waals surface area (Å²) < 4.78 is 0. The van der Waals surface area contributed by atoms with Gasteiger partial charge in [0.15, 0.2) is 0 Å². The summed E-state index contributed by atoms with van der Waals surface area (Å²) in [5.41, 5.74) is 2.81. The summed E-state index contributed by atoms with van der Waals surface area (Å²) >= 11 is 1.83. The molecular weight excluding hydrogens is 252 g/mol. The molecule has 0 spiro atoms. The van der Waals surface area contributed by atoms with E-state index in [0.29, 0.717) is 0 Å². The first-order chi connectivity index (χ1) is 9.04. The molecular formula is C16H20N2S. The van der Waals surface area contributed by atoms with E-state index in [2.05, 4.69) is 50.4 Å². The maximum Gasteiger partial charge on any atom is 0.140 e. The molecule has 1 aliphatic heterocycles. The van der Waals surface area contributed by atoms with Crippen molar-refractivity contribution in [2.75, 3.05) is 11.9 Å². The van der Waals surface area contributed by atoms with Crippen LogP contribution in [-0.2, 0) is 11.8 Å². The quantitative estimate of drug-likeness (QED) is 0.828. The van der Waals surface area contributed by atoms with Gasteiger partial charge < -0.3 is 5.32 Å². The number of aryl methyl sites for hydroxylation is 1. The number of nitrogens with one attached hydrogen (secondary N) is 1. The Kier molecular flexibility index (Phi) is 3.09. The van der Waals surface area contributed by atoms with Crippen molar-refractivity contribution >= 4 is 17.2 Å². The van der Waals surface area contributed by atoms with Crippen molar-refractivity contribution in [3.8, 4) is 10.6 Å². The molecule has 0 aliphatic carbocycles. The third kappa shape index (κ3) is 2.52. The maximum atomic E-state index is 4.72. The second kappa shape index (κ2) is 4.64. The first-order valence-corrected chi connectivity index (χ1v) is 7.70. The Morgan fingerprint density at radius 3 is 2.53 bits per heavy atom. The van der Waals surface area contributed by atoms with Gasteiger partial charge in [-0.25, -0.2) is 4.98 Å². The second-order valence-electron chi connectivity index (χ2n) is 6.15. The van der Waals surface area contributed by atoms with E-state index >= 15 is 0 Å². The number of hydrogen-bond donors (Lipinski definition) is 1. The molecule has 0 radical (unpaired) electrons. The van der Waals surface area contributed by atoms with Crippen molar-refractivity contribution in [1.29, 1.82) is 0 Å². The lowest BCUT2D eigenvalue weighted by atomic mass is 9.87. The predicted molar refractivity (Wildman–Crippen MR) is 83.1 cm³/mol. The highest BCUT2D eigenvalue weighted by atomic mass is 32.1. The van der Waals surface area contributed by atoms with Crippen LogP contribution in [0, 0.1) is 0 Å². The van der Waals surface area contributed by atoms with Gasteiger partial charge in [0.05, 0.1) is 0 Å². The summed E-state index contributed by atoms with van der Waals surface area (Å²) in [5, 5.41) is 4.53. The highest BCUT2D eigenvalue weighted by Crippen LogP contribution is 2.34. The summed E-state index contributed by atoms with van der Waals surface area (Å²) in [6, 6.07) is 8.85. The average Bonchev–Trinajstić information content (AvgIpc) is 2.81.